The molecule has 6 nitrogen and oxygen atoms in total. The summed E-state index contributed by atoms with van der Waals surface area (Å²) in [6, 6.07) is 5.72. The van der Waals surface area contributed by atoms with Crippen molar-refractivity contribution in [2.75, 3.05) is 19.9 Å². The van der Waals surface area contributed by atoms with Gasteiger partial charge in [0.25, 0.3) is 0 Å². The van der Waals surface area contributed by atoms with Crippen LogP contribution < -0.4 is 9.47 Å². The Bertz CT molecular complexity index is 756. The molecular formula is C18H21N3O3. The van der Waals surface area contributed by atoms with Crippen molar-refractivity contribution < 1.29 is 14.3 Å². The Labute approximate surface area is 141 Å². The summed E-state index contributed by atoms with van der Waals surface area (Å²) in [5.41, 5.74) is 2.19. The van der Waals surface area contributed by atoms with E-state index in [-0.39, 0.29) is 12.7 Å². The Morgan fingerprint density at radius 2 is 2.21 bits per heavy atom. The van der Waals surface area contributed by atoms with E-state index < -0.39 is 0 Å². The van der Waals surface area contributed by atoms with Gasteiger partial charge in [-0.15, -0.1) is 0 Å². The number of piperidine rings is 1. The Morgan fingerprint density at radius 1 is 1.33 bits per heavy atom. The minimum Gasteiger partial charge on any atom is -0.454 e. The first-order valence-electron chi connectivity index (χ1n) is 8.34. The third-order valence-electron chi connectivity index (χ3n) is 4.76. The van der Waals surface area contributed by atoms with Crippen LogP contribution in [0, 0.1) is 0 Å². The van der Waals surface area contributed by atoms with Gasteiger partial charge in [0.05, 0.1) is 12.6 Å². The number of aryl methyl sites for hydroxylation is 1. The standard InChI is InChI=1S/C18H21N3O3/c1-20-10-15(9-19-20)14-3-2-6-21(11-14)18(22)8-13-4-5-16-17(7-13)24-12-23-16/h4-5,7,9-10,14H,2-3,6,8,11-12H2,1H3/t14-/m0/s1. The molecule has 1 saturated heterocycles. The quantitative estimate of drug-likeness (QED) is 0.866. The maximum Gasteiger partial charge on any atom is 0.231 e. The number of likely N-dealkylation sites (tertiary alicyclic amines) is 1. The summed E-state index contributed by atoms with van der Waals surface area (Å²) in [5, 5.41) is 4.25. The highest BCUT2D eigenvalue weighted by atomic mass is 16.7. The highest BCUT2D eigenvalue weighted by Gasteiger charge is 2.26. The van der Waals surface area contributed by atoms with Crippen LogP contribution in [-0.2, 0) is 18.3 Å². The van der Waals surface area contributed by atoms with Crippen molar-refractivity contribution in [3.8, 4) is 11.5 Å². The summed E-state index contributed by atoms with van der Waals surface area (Å²) >= 11 is 0. The zero-order chi connectivity index (χ0) is 16.5. The number of aromatic nitrogens is 2. The molecule has 0 aliphatic carbocycles. The number of carbonyl (C=O) groups excluding carboxylic acids is 1. The Hall–Kier alpha value is -2.50. The molecule has 3 heterocycles. The molecule has 0 unspecified atom stereocenters. The van der Waals surface area contributed by atoms with E-state index >= 15 is 0 Å². The second kappa shape index (κ2) is 6.19. The zero-order valence-corrected chi connectivity index (χ0v) is 13.8. The Balaban J connectivity index is 1.42. The van der Waals surface area contributed by atoms with E-state index in [1.165, 1.54) is 5.56 Å². The predicted molar refractivity (Wildman–Crippen MR) is 88.0 cm³/mol. The predicted octanol–water partition coefficient (Wildman–Crippen LogP) is 2.10. The van der Waals surface area contributed by atoms with Crippen molar-refractivity contribution in [3.05, 3.63) is 41.7 Å². The van der Waals surface area contributed by atoms with Crippen molar-refractivity contribution >= 4 is 5.91 Å². The van der Waals surface area contributed by atoms with Crippen LogP contribution in [-0.4, -0.2) is 40.5 Å². The maximum atomic E-state index is 12.7. The second-order valence-corrected chi connectivity index (χ2v) is 6.49. The van der Waals surface area contributed by atoms with Crippen molar-refractivity contribution in [1.29, 1.82) is 0 Å². The average molecular weight is 327 g/mol. The normalized spacial score (nSPS) is 19.5. The first kappa shape index (κ1) is 15.1. The van der Waals surface area contributed by atoms with Crippen molar-refractivity contribution in [2.45, 2.75) is 25.2 Å². The van der Waals surface area contributed by atoms with Gasteiger partial charge >= 0.3 is 0 Å². The van der Waals surface area contributed by atoms with Gasteiger partial charge in [-0.25, -0.2) is 0 Å². The van der Waals surface area contributed by atoms with Gasteiger partial charge in [0.1, 0.15) is 0 Å². The molecule has 1 fully saturated rings. The number of ether oxygens (including phenoxy) is 2. The summed E-state index contributed by atoms with van der Waals surface area (Å²) in [6.07, 6.45) is 6.51. The lowest BCUT2D eigenvalue weighted by Crippen LogP contribution is -2.39. The van der Waals surface area contributed by atoms with Crippen LogP contribution in [0.25, 0.3) is 0 Å². The molecule has 24 heavy (non-hydrogen) atoms. The van der Waals surface area contributed by atoms with Gasteiger partial charge in [-0.2, -0.15) is 5.10 Å². The molecule has 2 aromatic rings. The van der Waals surface area contributed by atoms with Crippen LogP contribution in [0.4, 0.5) is 0 Å². The van der Waals surface area contributed by atoms with E-state index in [0.29, 0.717) is 12.3 Å². The summed E-state index contributed by atoms with van der Waals surface area (Å²) in [7, 11) is 1.93. The lowest BCUT2D eigenvalue weighted by atomic mass is 9.92. The summed E-state index contributed by atoms with van der Waals surface area (Å²) in [6.45, 7) is 1.86. The number of benzene rings is 1. The molecule has 0 bridgehead atoms. The molecule has 126 valence electrons. The van der Waals surface area contributed by atoms with E-state index in [2.05, 4.69) is 11.3 Å². The molecular weight excluding hydrogens is 306 g/mol. The van der Waals surface area contributed by atoms with Gasteiger partial charge in [-0.1, -0.05) is 6.07 Å². The van der Waals surface area contributed by atoms with Gasteiger partial charge in [-0.05, 0) is 36.1 Å². The average Bonchev–Trinajstić information content (AvgIpc) is 3.23. The third kappa shape index (κ3) is 2.96. The van der Waals surface area contributed by atoms with Crippen LogP contribution in [0.1, 0.15) is 29.9 Å². The largest absolute Gasteiger partial charge is 0.454 e. The number of hydrogen-bond acceptors (Lipinski definition) is 4. The van der Waals surface area contributed by atoms with Gasteiger partial charge in [-0.3, -0.25) is 9.48 Å². The van der Waals surface area contributed by atoms with Crippen LogP contribution >= 0.6 is 0 Å². The van der Waals surface area contributed by atoms with E-state index in [4.69, 9.17) is 9.47 Å². The lowest BCUT2D eigenvalue weighted by Gasteiger charge is -2.32. The van der Waals surface area contributed by atoms with Crippen molar-refractivity contribution in [2.24, 2.45) is 7.05 Å². The van der Waals surface area contributed by atoms with E-state index in [9.17, 15) is 4.79 Å². The van der Waals surface area contributed by atoms with Crippen LogP contribution in [0.15, 0.2) is 30.6 Å². The molecule has 1 atom stereocenters. The Kier molecular flexibility index (Phi) is 3.88. The molecule has 0 N–H and O–H groups in total. The number of amides is 1. The topological polar surface area (TPSA) is 56.6 Å². The SMILES string of the molecule is Cn1cc([C@H]2CCCN(C(=O)Cc3ccc4c(c3)OCO4)C2)cn1. The van der Waals surface area contributed by atoms with Gasteiger partial charge in [0.15, 0.2) is 11.5 Å². The molecule has 1 aromatic heterocycles. The third-order valence-corrected chi connectivity index (χ3v) is 4.76. The molecule has 0 saturated carbocycles. The second-order valence-electron chi connectivity index (χ2n) is 6.49. The number of nitrogens with zero attached hydrogens (tertiary/aromatic N) is 3. The number of fused-ring (bicyclic) bond motifs is 1. The highest BCUT2D eigenvalue weighted by Crippen LogP contribution is 2.33. The monoisotopic (exact) mass is 327 g/mol. The molecule has 1 amide bonds. The molecule has 2 aliphatic rings. The van der Waals surface area contributed by atoms with E-state index in [1.54, 1.807) is 0 Å². The number of hydrogen-bond donors (Lipinski definition) is 0. The minimum atomic E-state index is 0.169. The maximum absolute atomic E-state index is 12.7. The molecule has 2 aliphatic heterocycles. The smallest absolute Gasteiger partial charge is 0.231 e. The minimum absolute atomic E-state index is 0.169. The van der Waals surface area contributed by atoms with Gasteiger partial charge in [0.2, 0.25) is 12.7 Å². The van der Waals surface area contributed by atoms with Crippen LogP contribution in [0.2, 0.25) is 0 Å². The van der Waals surface area contributed by atoms with Crippen molar-refractivity contribution in [1.82, 2.24) is 14.7 Å². The summed E-state index contributed by atoms with van der Waals surface area (Å²) < 4.78 is 12.5. The molecule has 0 spiro atoms. The molecule has 0 radical (unpaired) electrons. The summed E-state index contributed by atoms with van der Waals surface area (Å²) in [4.78, 5) is 14.7. The van der Waals surface area contributed by atoms with Crippen LogP contribution in [0.5, 0.6) is 11.5 Å². The first-order chi connectivity index (χ1) is 11.7. The van der Waals surface area contributed by atoms with Gasteiger partial charge in [0, 0.05) is 32.3 Å². The molecule has 4 rings (SSSR count). The first-order valence-corrected chi connectivity index (χ1v) is 8.34. The molecule has 1 aromatic carbocycles. The van der Waals surface area contributed by atoms with Crippen LogP contribution in [0.3, 0.4) is 0 Å². The van der Waals surface area contributed by atoms with Crippen molar-refractivity contribution in [3.63, 3.8) is 0 Å². The van der Waals surface area contributed by atoms with E-state index in [1.807, 2.05) is 41.0 Å². The Morgan fingerprint density at radius 3 is 3.04 bits per heavy atom. The zero-order valence-electron chi connectivity index (χ0n) is 13.8. The lowest BCUT2D eigenvalue weighted by molar-refractivity contribution is -0.131. The van der Waals surface area contributed by atoms with Gasteiger partial charge < -0.3 is 14.4 Å². The number of carbonyl (C=O) groups is 1. The molecule has 6 heteroatoms. The fraction of sp³-hybridized carbons (Fsp3) is 0.444. The number of rotatable bonds is 3. The van der Waals surface area contributed by atoms with E-state index in [0.717, 1.165) is 43.0 Å². The fourth-order valence-corrected chi connectivity index (χ4v) is 3.46. The highest BCUT2D eigenvalue weighted by molar-refractivity contribution is 5.79. The fourth-order valence-electron chi connectivity index (χ4n) is 3.46. The summed E-state index contributed by atoms with van der Waals surface area (Å²) in [5.74, 6) is 2.03.